The molecule has 1 aromatic heterocycles. The van der Waals surface area contributed by atoms with Crippen LogP contribution in [0.25, 0.3) is 109 Å². The van der Waals surface area contributed by atoms with Crippen molar-refractivity contribution in [2.24, 2.45) is 0 Å². The third-order valence-corrected chi connectivity index (χ3v) is 13.2. The van der Waals surface area contributed by atoms with Crippen molar-refractivity contribution in [2.45, 2.75) is 0 Å². The monoisotopic (exact) mass is 798 g/mol. The van der Waals surface area contributed by atoms with Gasteiger partial charge < -0.3 is 0 Å². The Kier molecular flexibility index (Phi) is 7.94. The second kappa shape index (κ2) is 14.1. The van der Waals surface area contributed by atoms with Gasteiger partial charge in [-0.25, -0.2) is 4.98 Å². The van der Waals surface area contributed by atoms with Gasteiger partial charge in [0.2, 0.25) is 0 Å². The molecule has 0 atom stereocenters. The summed E-state index contributed by atoms with van der Waals surface area (Å²) in [5.41, 5.74) is 9.40. The average molecular weight is 799 g/mol. The van der Waals surface area contributed by atoms with Gasteiger partial charge in [-0.15, -0.1) is 0 Å². The molecule has 0 fully saturated rings. The van der Waals surface area contributed by atoms with Crippen LogP contribution in [0.4, 0.5) is 17.2 Å². The second-order valence-electron chi connectivity index (χ2n) is 16.6. The molecule has 1 heterocycles. The number of aromatic nitrogens is 1. The van der Waals surface area contributed by atoms with Gasteiger partial charge >= 0.3 is 0 Å². The van der Waals surface area contributed by atoms with Crippen LogP contribution in [0.5, 0.6) is 0 Å². The lowest BCUT2D eigenvalue weighted by Gasteiger charge is -2.28. The minimum absolute atomic E-state index is 0.865. The van der Waals surface area contributed by atoms with E-state index in [4.69, 9.17) is 4.98 Å². The van der Waals surface area contributed by atoms with E-state index in [1.54, 1.807) is 0 Å². The highest BCUT2D eigenvalue weighted by Gasteiger charge is 2.24. The predicted molar refractivity (Wildman–Crippen MR) is 269 cm³/mol. The molecule has 0 amide bonds. The van der Waals surface area contributed by atoms with E-state index in [2.05, 4.69) is 223 Å². The molecule has 0 aliphatic rings. The van der Waals surface area contributed by atoms with Crippen molar-refractivity contribution in [2.75, 3.05) is 4.90 Å². The first kappa shape index (κ1) is 35.4. The molecule has 0 spiro atoms. The molecule has 0 aliphatic carbocycles. The molecule has 13 rings (SSSR count). The zero-order valence-corrected chi connectivity index (χ0v) is 34.3. The molecule has 0 bridgehead atoms. The summed E-state index contributed by atoms with van der Waals surface area (Å²) in [4.78, 5) is 7.40. The van der Waals surface area contributed by atoms with Crippen molar-refractivity contribution in [1.82, 2.24) is 4.98 Å². The van der Waals surface area contributed by atoms with Crippen LogP contribution >= 0.6 is 0 Å². The van der Waals surface area contributed by atoms with E-state index < -0.39 is 0 Å². The van der Waals surface area contributed by atoms with Crippen molar-refractivity contribution >= 4 is 92.6 Å². The summed E-state index contributed by atoms with van der Waals surface area (Å²) in [7, 11) is 0. The van der Waals surface area contributed by atoms with Gasteiger partial charge in [-0.2, -0.15) is 0 Å². The lowest BCUT2D eigenvalue weighted by molar-refractivity contribution is 1.19. The molecule has 0 unspecified atom stereocenters. The highest BCUT2D eigenvalue weighted by atomic mass is 15.2. The number of rotatable bonds is 6. The number of benzene rings is 12. The summed E-state index contributed by atoms with van der Waals surface area (Å²) in [6, 6.07) is 82.3. The quantitative estimate of drug-likeness (QED) is 0.123. The molecule has 12 aromatic carbocycles. The van der Waals surface area contributed by atoms with Crippen molar-refractivity contribution in [3.05, 3.63) is 231 Å². The predicted octanol–water partition coefficient (Wildman–Crippen LogP) is 17.1. The molecular formula is C61H38N2. The van der Waals surface area contributed by atoms with Gasteiger partial charge in [0, 0.05) is 17.3 Å². The van der Waals surface area contributed by atoms with Gasteiger partial charge in [-0.05, 0) is 140 Å². The minimum atomic E-state index is 0.865. The lowest BCUT2D eigenvalue weighted by atomic mass is 9.81. The zero-order chi connectivity index (χ0) is 41.4. The Bertz CT molecular complexity index is 3830. The minimum Gasteiger partial charge on any atom is -0.294 e. The molecule has 13 aromatic rings. The summed E-state index contributed by atoms with van der Waals surface area (Å²) in [5.74, 6) is 0.865. The molecule has 63 heavy (non-hydrogen) atoms. The smallest absolute Gasteiger partial charge is 0.137 e. The highest BCUT2D eigenvalue weighted by molar-refractivity contribution is 6.35. The zero-order valence-electron chi connectivity index (χ0n) is 34.3. The van der Waals surface area contributed by atoms with Crippen molar-refractivity contribution in [3.63, 3.8) is 0 Å². The molecule has 2 nitrogen and oxygen atoms in total. The third kappa shape index (κ3) is 5.41. The Morgan fingerprint density at radius 1 is 0.302 bits per heavy atom. The van der Waals surface area contributed by atoms with Gasteiger partial charge in [-0.1, -0.05) is 188 Å². The number of fused-ring (bicyclic) bond motifs is 8. The van der Waals surface area contributed by atoms with E-state index in [1.807, 2.05) is 12.3 Å². The van der Waals surface area contributed by atoms with E-state index in [-0.39, 0.29) is 0 Å². The van der Waals surface area contributed by atoms with Crippen molar-refractivity contribution < 1.29 is 0 Å². The standard InChI is InChI=1S/C61H38N2/c1-4-17-39(18-5-1)52-38-53(40-19-6-2-7-20-40)60-45-26-11-10-25-44(45)54-37-43(32-33-50(54)61(60)58(52)42-21-8-3-9-22-42)63(56-31-12-13-36-62-56)55-35-34-49-47-28-15-24-41-23-14-27-46(57(41)47)48-29-16-30-51(55)59(48)49/h1-38H. The Labute approximate surface area is 364 Å². The molecule has 0 radical (unpaired) electrons. The number of nitrogens with zero attached hydrogens (tertiary/aromatic N) is 2. The van der Waals surface area contributed by atoms with Crippen LogP contribution in [-0.4, -0.2) is 4.98 Å². The molecule has 0 aliphatic heterocycles. The Morgan fingerprint density at radius 2 is 0.825 bits per heavy atom. The summed E-state index contributed by atoms with van der Waals surface area (Å²) < 4.78 is 0. The van der Waals surface area contributed by atoms with Gasteiger partial charge in [0.15, 0.2) is 0 Å². The fourth-order valence-corrected chi connectivity index (χ4v) is 10.6. The van der Waals surface area contributed by atoms with Crippen LogP contribution in [-0.2, 0) is 0 Å². The van der Waals surface area contributed by atoms with Gasteiger partial charge in [0.1, 0.15) is 5.82 Å². The van der Waals surface area contributed by atoms with Gasteiger partial charge in [-0.3, -0.25) is 4.90 Å². The van der Waals surface area contributed by atoms with Crippen LogP contribution in [0, 0.1) is 0 Å². The molecular weight excluding hydrogens is 761 g/mol. The third-order valence-electron chi connectivity index (χ3n) is 13.2. The largest absolute Gasteiger partial charge is 0.294 e. The first-order valence-corrected chi connectivity index (χ1v) is 21.7. The fraction of sp³-hybridized carbons (Fsp3) is 0. The topological polar surface area (TPSA) is 16.1 Å². The van der Waals surface area contributed by atoms with Crippen LogP contribution < -0.4 is 4.90 Å². The van der Waals surface area contributed by atoms with E-state index in [1.165, 1.54) is 109 Å². The molecule has 0 N–H and O–H groups in total. The molecule has 292 valence electrons. The van der Waals surface area contributed by atoms with Crippen LogP contribution in [0.15, 0.2) is 231 Å². The maximum Gasteiger partial charge on any atom is 0.137 e. The first-order chi connectivity index (χ1) is 31.3. The Morgan fingerprint density at radius 3 is 1.52 bits per heavy atom. The van der Waals surface area contributed by atoms with E-state index in [9.17, 15) is 0 Å². The summed E-state index contributed by atoms with van der Waals surface area (Å²) >= 11 is 0. The van der Waals surface area contributed by atoms with Crippen LogP contribution in [0.1, 0.15) is 0 Å². The van der Waals surface area contributed by atoms with Crippen LogP contribution in [0.3, 0.4) is 0 Å². The second-order valence-corrected chi connectivity index (χ2v) is 16.6. The maximum atomic E-state index is 5.05. The summed E-state index contributed by atoms with van der Waals surface area (Å²) in [6.07, 6.45) is 1.90. The van der Waals surface area contributed by atoms with E-state index >= 15 is 0 Å². The molecule has 0 saturated carbocycles. The first-order valence-electron chi connectivity index (χ1n) is 21.7. The van der Waals surface area contributed by atoms with Gasteiger partial charge in [0.05, 0.1) is 5.69 Å². The SMILES string of the molecule is c1ccc(-c2cc(-c3ccccc3)c3c4ccccc4c4cc(N(c5ccccn5)c5ccc6c7cccc8cccc(c9cccc5c96)c87)ccc4c3c2-c2ccccc2)cc1. The van der Waals surface area contributed by atoms with Crippen molar-refractivity contribution in [3.8, 4) is 33.4 Å². The maximum absolute atomic E-state index is 5.05. The summed E-state index contributed by atoms with van der Waals surface area (Å²) in [6.45, 7) is 0. The van der Waals surface area contributed by atoms with Crippen molar-refractivity contribution in [1.29, 1.82) is 0 Å². The summed E-state index contributed by atoms with van der Waals surface area (Å²) in [5, 5.41) is 17.5. The van der Waals surface area contributed by atoms with E-state index in [0.29, 0.717) is 0 Å². The number of pyridine rings is 1. The normalized spacial score (nSPS) is 11.8. The Hall–Kier alpha value is -8.33. The Balaban J connectivity index is 1.16. The van der Waals surface area contributed by atoms with Gasteiger partial charge in [0.25, 0.3) is 0 Å². The fourth-order valence-electron chi connectivity index (χ4n) is 10.6. The molecule has 2 heteroatoms. The molecule has 0 saturated heterocycles. The van der Waals surface area contributed by atoms with E-state index in [0.717, 1.165) is 17.2 Å². The van der Waals surface area contributed by atoms with Crippen LogP contribution in [0.2, 0.25) is 0 Å². The highest BCUT2D eigenvalue weighted by Crippen LogP contribution is 2.51. The lowest BCUT2D eigenvalue weighted by Crippen LogP contribution is -2.12. The number of hydrogen-bond donors (Lipinski definition) is 0. The number of hydrogen-bond acceptors (Lipinski definition) is 2. The average Bonchev–Trinajstić information content (AvgIpc) is 3.36. The number of anilines is 3.